The summed E-state index contributed by atoms with van der Waals surface area (Å²) in [6.07, 6.45) is 0. The normalized spacial score (nSPS) is 9.07. The predicted molar refractivity (Wildman–Crippen MR) is 55.3 cm³/mol. The molecule has 0 fully saturated rings. The van der Waals surface area contributed by atoms with E-state index in [0.29, 0.717) is 11.3 Å². The topological polar surface area (TPSA) is 85.2 Å². The number of urea groups is 1. The molecule has 5 heteroatoms. The Morgan fingerprint density at radius 1 is 1.47 bits per heavy atom. The second-order valence-electron chi connectivity index (χ2n) is 2.76. The van der Waals surface area contributed by atoms with E-state index in [-0.39, 0.29) is 13.2 Å². The van der Waals surface area contributed by atoms with Crippen molar-refractivity contribution in [1.29, 1.82) is 5.26 Å². The molecule has 1 aromatic carbocycles. The fraction of sp³-hybridized carbons (Fsp3) is 0.200. The molecule has 1 aromatic rings. The number of para-hydroxylation sites is 1. The second kappa shape index (κ2) is 5.62. The van der Waals surface area contributed by atoms with Gasteiger partial charge in [0.15, 0.2) is 0 Å². The highest BCUT2D eigenvalue weighted by molar-refractivity contribution is 5.90. The van der Waals surface area contributed by atoms with Gasteiger partial charge in [0.25, 0.3) is 0 Å². The molecular weight excluding hydrogens is 194 g/mol. The lowest BCUT2D eigenvalue weighted by Crippen LogP contribution is -2.31. The van der Waals surface area contributed by atoms with Gasteiger partial charge in [-0.25, -0.2) is 4.79 Å². The lowest BCUT2D eigenvalue weighted by molar-refractivity contribution is 0.245. The van der Waals surface area contributed by atoms with E-state index in [9.17, 15) is 4.79 Å². The third-order valence-corrected chi connectivity index (χ3v) is 1.69. The average molecular weight is 205 g/mol. The first-order valence-electron chi connectivity index (χ1n) is 4.42. The summed E-state index contributed by atoms with van der Waals surface area (Å²) >= 11 is 0. The largest absolute Gasteiger partial charge is 0.395 e. The van der Waals surface area contributed by atoms with Crippen molar-refractivity contribution < 1.29 is 9.90 Å². The summed E-state index contributed by atoms with van der Waals surface area (Å²) in [5.74, 6) is 0. The van der Waals surface area contributed by atoms with Crippen molar-refractivity contribution in [2.24, 2.45) is 0 Å². The van der Waals surface area contributed by atoms with Crippen molar-refractivity contribution in [3.05, 3.63) is 29.8 Å². The number of aliphatic hydroxyl groups excluding tert-OH is 1. The Morgan fingerprint density at radius 2 is 2.20 bits per heavy atom. The highest BCUT2D eigenvalue weighted by Crippen LogP contribution is 2.12. The van der Waals surface area contributed by atoms with E-state index < -0.39 is 6.03 Å². The number of anilines is 1. The Kier molecular flexibility index (Phi) is 4.13. The number of rotatable bonds is 3. The van der Waals surface area contributed by atoms with Crippen LogP contribution in [0.3, 0.4) is 0 Å². The number of hydrogen-bond donors (Lipinski definition) is 3. The Morgan fingerprint density at radius 3 is 2.87 bits per heavy atom. The number of carbonyl (C=O) groups excluding carboxylic acids is 1. The zero-order chi connectivity index (χ0) is 11.1. The molecular formula is C10H11N3O2. The Balaban J connectivity index is 2.64. The van der Waals surface area contributed by atoms with E-state index in [1.165, 1.54) is 0 Å². The summed E-state index contributed by atoms with van der Waals surface area (Å²) < 4.78 is 0. The van der Waals surface area contributed by atoms with E-state index in [2.05, 4.69) is 10.6 Å². The van der Waals surface area contributed by atoms with E-state index in [1.54, 1.807) is 24.3 Å². The molecule has 2 amide bonds. The van der Waals surface area contributed by atoms with Crippen LogP contribution < -0.4 is 10.6 Å². The maximum Gasteiger partial charge on any atom is 0.319 e. The van der Waals surface area contributed by atoms with Gasteiger partial charge in [0.2, 0.25) is 0 Å². The van der Waals surface area contributed by atoms with Gasteiger partial charge in [0.1, 0.15) is 6.07 Å². The van der Waals surface area contributed by atoms with Crippen molar-refractivity contribution in [3.8, 4) is 6.07 Å². The maximum atomic E-state index is 11.2. The fourth-order valence-electron chi connectivity index (χ4n) is 1.03. The lowest BCUT2D eigenvalue weighted by atomic mass is 10.2. The third kappa shape index (κ3) is 3.29. The first-order valence-corrected chi connectivity index (χ1v) is 4.42. The molecule has 0 bridgehead atoms. The summed E-state index contributed by atoms with van der Waals surface area (Å²) in [6, 6.07) is 8.22. The van der Waals surface area contributed by atoms with Gasteiger partial charge in [0.05, 0.1) is 17.9 Å². The monoisotopic (exact) mass is 205 g/mol. The van der Waals surface area contributed by atoms with Crippen LogP contribution in [0.2, 0.25) is 0 Å². The van der Waals surface area contributed by atoms with E-state index >= 15 is 0 Å². The minimum absolute atomic E-state index is 0.118. The van der Waals surface area contributed by atoms with Crippen molar-refractivity contribution in [3.63, 3.8) is 0 Å². The molecule has 0 atom stereocenters. The van der Waals surface area contributed by atoms with Crippen LogP contribution in [0.1, 0.15) is 5.56 Å². The van der Waals surface area contributed by atoms with Crippen LogP contribution >= 0.6 is 0 Å². The van der Waals surface area contributed by atoms with Crippen LogP contribution in [-0.2, 0) is 0 Å². The first kappa shape index (κ1) is 11.0. The smallest absolute Gasteiger partial charge is 0.319 e. The SMILES string of the molecule is N#Cc1ccccc1NC(=O)NCCO. The van der Waals surface area contributed by atoms with Crippen LogP contribution in [0, 0.1) is 11.3 Å². The Labute approximate surface area is 87.3 Å². The first-order chi connectivity index (χ1) is 7.27. The van der Waals surface area contributed by atoms with Crippen LogP contribution in [-0.4, -0.2) is 24.3 Å². The van der Waals surface area contributed by atoms with Crippen LogP contribution in [0.5, 0.6) is 0 Å². The summed E-state index contributed by atoms with van der Waals surface area (Å²) in [6.45, 7) is 0.0634. The number of nitrogens with one attached hydrogen (secondary N) is 2. The molecule has 0 radical (unpaired) electrons. The molecule has 0 aliphatic heterocycles. The molecule has 0 aliphatic carbocycles. The molecule has 0 saturated carbocycles. The maximum absolute atomic E-state index is 11.2. The highest BCUT2D eigenvalue weighted by atomic mass is 16.3. The molecule has 0 spiro atoms. The molecule has 0 aromatic heterocycles. The summed E-state index contributed by atoms with van der Waals surface area (Å²) in [7, 11) is 0. The Bertz CT molecular complexity index is 384. The minimum atomic E-state index is -0.438. The zero-order valence-electron chi connectivity index (χ0n) is 8.03. The summed E-state index contributed by atoms with van der Waals surface area (Å²) in [5.41, 5.74) is 0.854. The van der Waals surface area contributed by atoms with Crippen molar-refractivity contribution in [1.82, 2.24) is 5.32 Å². The Hall–Kier alpha value is -2.06. The molecule has 78 valence electrons. The third-order valence-electron chi connectivity index (χ3n) is 1.69. The molecule has 5 nitrogen and oxygen atoms in total. The number of aliphatic hydroxyl groups is 1. The number of nitrogens with zero attached hydrogens (tertiary/aromatic N) is 1. The molecule has 0 unspecified atom stereocenters. The molecule has 0 aliphatic rings. The van der Waals surface area contributed by atoms with Gasteiger partial charge in [-0.15, -0.1) is 0 Å². The van der Waals surface area contributed by atoms with E-state index in [1.807, 2.05) is 6.07 Å². The molecule has 1 rings (SSSR count). The van der Waals surface area contributed by atoms with E-state index in [0.717, 1.165) is 0 Å². The zero-order valence-corrected chi connectivity index (χ0v) is 8.03. The van der Waals surface area contributed by atoms with Gasteiger partial charge in [-0.1, -0.05) is 12.1 Å². The quantitative estimate of drug-likeness (QED) is 0.678. The predicted octanol–water partition coefficient (Wildman–Crippen LogP) is 0.672. The highest BCUT2D eigenvalue weighted by Gasteiger charge is 2.04. The molecule has 0 saturated heterocycles. The van der Waals surface area contributed by atoms with E-state index in [4.69, 9.17) is 10.4 Å². The number of amides is 2. The average Bonchev–Trinajstić information content (AvgIpc) is 2.27. The minimum Gasteiger partial charge on any atom is -0.395 e. The summed E-state index contributed by atoms with van der Waals surface area (Å²) in [4.78, 5) is 11.2. The molecule has 15 heavy (non-hydrogen) atoms. The van der Waals surface area contributed by atoms with Crippen molar-refractivity contribution in [2.75, 3.05) is 18.5 Å². The van der Waals surface area contributed by atoms with Crippen molar-refractivity contribution in [2.45, 2.75) is 0 Å². The van der Waals surface area contributed by atoms with Gasteiger partial charge in [0, 0.05) is 6.54 Å². The fourth-order valence-corrected chi connectivity index (χ4v) is 1.03. The van der Waals surface area contributed by atoms with Crippen LogP contribution in [0.4, 0.5) is 10.5 Å². The number of benzene rings is 1. The van der Waals surface area contributed by atoms with Crippen molar-refractivity contribution >= 4 is 11.7 Å². The van der Waals surface area contributed by atoms with Crippen LogP contribution in [0.15, 0.2) is 24.3 Å². The lowest BCUT2D eigenvalue weighted by Gasteiger charge is -2.07. The summed E-state index contributed by atoms with van der Waals surface area (Å²) in [5, 5.41) is 22.2. The van der Waals surface area contributed by atoms with Gasteiger partial charge in [-0.2, -0.15) is 5.26 Å². The number of nitriles is 1. The van der Waals surface area contributed by atoms with Crippen LogP contribution in [0.25, 0.3) is 0 Å². The number of carbonyl (C=O) groups is 1. The number of hydrogen-bond acceptors (Lipinski definition) is 3. The van der Waals surface area contributed by atoms with Gasteiger partial charge < -0.3 is 15.7 Å². The second-order valence-corrected chi connectivity index (χ2v) is 2.76. The van der Waals surface area contributed by atoms with Gasteiger partial charge >= 0.3 is 6.03 Å². The van der Waals surface area contributed by atoms with Gasteiger partial charge in [-0.05, 0) is 12.1 Å². The standard InChI is InChI=1S/C10H11N3O2/c11-7-8-3-1-2-4-9(8)13-10(15)12-5-6-14/h1-4,14H,5-6H2,(H2,12,13,15). The van der Waals surface area contributed by atoms with Gasteiger partial charge in [-0.3, -0.25) is 0 Å². The molecule has 3 N–H and O–H groups in total. The molecule has 0 heterocycles.